The third-order valence-corrected chi connectivity index (χ3v) is 4.58. The Morgan fingerprint density at radius 2 is 0.533 bits per heavy atom. The Morgan fingerprint density at radius 3 is 0.767 bits per heavy atom. The van der Waals surface area contributed by atoms with Gasteiger partial charge >= 0.3 is 0 Å². The molecule has 0 atom stereocenters. The first kappa shape index (κ1) is 17.9. The number of aliphatic imine (C=N–C) groups is 4. The Balaban J connectivity index is 0.000000279. The standard InChI is InChI=1S/C20H12N4.C6H6/c1-2-14-10-16-5-6-18(23-16)12-20-8-7-19(24-20)11-17-4-3-15(22-17)9-13(1)21-14;1-2-4-6-5-3-1/h1-12H;1-6H. The van der Waals surface area contributed by atoms with Gasteiger partial charge in [0.1, 0.15) is 0 Å². The Bertz CT molecular complexity index is 1040. The van der Waals surface area contributed by atoms with Crippen molar-refractivity contribution in [3.05, 3.63) is 132 Å². The van der Waals surface area contributed by atoms with Crippen LogP contribution in [0.2, 0.25) is 0 Å². The second-order valence-electron chi connectivity index (χ2n) is 6.91. The summed E-state index contributed by atoms with van der Waals surface area (Å²) in [7, 11) is 0. The minimum atomic E-state index is 0.894. The lowest BCUT2D eigenvalue weighted by atomic mass is 10.2. The van der Waals surface area contributed by atoms with Gasteiger partial charge in [-0.15, -0.1) is 0 Å². The molecule has 0 radical (unpaired) electrons. The highest BCUT2D eigenvalue weighted by molar-refractivity contribution is 6.14. The lowest BCUT2D eigenvalue weighted by molar-refractivity contribution is 1.41. The van der Waals surface area contributed by atoms with Gasteiger partial charge in [-0.1, -0.05) is 36.4 Å². The van der Waals surface area contributed by atoms with Crippen molar-refractivity contribution in [2.75, 3.05) is 0 Å². The van der Waals surface area contributed by atoms with E-state index in [4.69, 9.17) is 0 Å². The van der Waals surface area contributed by atoms with Crippen LogP contribution in [0, 0.1) is 0 Å². The predicted molar refractivity (Wildman–Crippen MR) is 125 cm³/mol. The molecule has 5 aliphatic rings. The van der Waals surface area contributed by atoms with Gasteiger partial charge < -0.3 is 0 Å². The quantitative estimate of drug-likeness (QED) is 0.584. The molecule has 0 fully saturated rings. The second kappa shape index (κ2) is 8.05. The van der Waals surface area contributed by atoms with E-state index in [2.05, 4.69) is 20.0 Å². The molecule has 142 valence electrons. The van der Waals surface area contributed by atoms with Crippen LogP contribution in [0.1, 0.15) is 0 Å². The topological polar surface area (TPSA) is 49.4 Å². The average molecular weight is 386 g/mol. The minimum Gasteiger partial charge on any atom is -0.249 e. The van der Waals surface area contributed by atoms with Crippen molar-refractivity contribution >= 4 is 22.8 Å². The number of allylic oxidation sites excluding steroid dienone is 12. The molecule has 0 aliphatic carbocycles. The first-order chi connectivity index (χ1) is 14.8. The fourth-order valence-corrected chi connectivity index (χ4v) is 3.21. The highest BCUT2D eigenvalue weighted by Gasteiger charge is 2.11. The highest BCUT2D eigenvalue weighted by Crippen LogP contribution is 2.20. The lowest BCUT2D eigenvalue weighted by Crippen LogP contribution is -1.89. The number of benzene rings is 1. The van der Waals surface area contributed by atoms with Crippen LogP contribution < -0.4 is 0 Å². The number of nitrogens with zero attached hydrogens (tertiary/aromatic N) is 4. The van der Waals surface area contributed by atoms with Gasteiger partial charge in [-0.2, -0.15) is 0 Å². The molecule has 0 aromatic heterocycles. The van der Waals surface area contributed by atoms with Gasteiger partial charge in [0.15, 0.2) is 0 Å². The van der Waals surface area contributed by atoms with Crippen LogP contribution in [0.5, 0.6) is 0 Å². The average Bonchev–Trinajstić information content (AvgIpc) is 3.56. The van der Waals surface area contributed by atoms with E-state index in [9.17, 15) is 0 Å². The molecule has 0 N–H and O–H groups in total. The van der Waals surface area contributed by atoms with E-state index in [1.54, 1.807) is 0 Å². The van der Waals surface area contributed by atoms with Crippen molar-refractivity contribution in [1.82, 2.24) is 0 Å². The molecule has 5 heterocycles. The summed E-state index contributed by atoms with van der Waals surface area (Å²) in [4.78, 5) is 18.4. The molecule has 8 bridgehead atoms. The summed E-state index contributed by atoms with van der Waals surface area (Å²) in [5.74, 6) is 0. The molecule has 4 nitrogen and oxygen atoms in total. The summed E-state index contributed by atoms with van der Waals surface area (Å²) >= 11 is 0. The Labute approximate surface area is 175 Å². The van der Waals surface area contributed by atoms with E-state index in [0.717, 1.165) is 45.6 Å². The third-order valence-electron chi connectivity index (χ3n) is 4.58. The van der Waals surface area contributed by atoms with Crippen LogP contribution in [0.3, 0.4) is 0 Å². The molecular formula is C26H18N4. The van der Waals surface area contributed by atoms with Crippen molar-refractivity contribution in [2.45, 2.75) is 0 Å². The van der Waals surface area contributed by atoms with Crippen molar-refractivity contribution in [3.63, 3.8) is 0 Å². The van der Waals surface area contributed by atoms with Gasteiger partial charge in [-0.25, -0.2) is 20.0 Å². The van der Waals surface area contributed by atoms with Crippen molar-refractivity contribution < 1.29 is 0 Å². The van der Waals surface area contributed by atoms with E-state index in [1.807, 2.05) is 109 Å². The van der Waals surface area contributed by atoms with Crippen LogP contribution in [0.25, 0.3) is 0 Å². The largest absolute Gasteiger partial charge is 0.249 e. The smallest absolute Gasteiger partial charge is 0.0659 e. The maximum Gasteiger partial charge on any atom is 0.0659 e. The fraction of sp³-hybridized carbons (Fsp3) is 0. The van der Waals surface area contributed by atoms with Crippen molar-refractivity contribution in [3.8, 4) is 0 Å². The van der Waals surface area contributed by atoms with E-state index in [-0.39, 0.29) is 0 Å². The molecule has 6 rings (SSSR count). The molecule has 30 heavy (non-hydrogen) atoms. The third kappa shape index (κ3) is 4.28. The van der Waals surface area contributed by atoms with Crippen LogP contribution in [-0.4, -0.2) is 22.8 Å². The maximum atomic E-state index is 4.59. The molecule has 0 saturated heterocycles. The van der Waals surface area contributed by atoms with Gasteiger partial charge in [0.05, 0.1) is 45.6 Å². The summed E-state index contributed by atoms with van der Waals surface area (Å²) in [5.41, 5.74) is 7.15. The first-order valence-electron chi connectivity index (χ1n) is 9.74. The fourth-order valence-electron chi connectivity index (χ4n) is 3.21. The molecule has 5 aliphatic heterocycles. The van der Waals surface area contributed by atoms with E-state index in [0.29, 0.717) is 0 Å². The summed E-state index contributed by atoms with van der Waals surface area (Å²) in [6.45, 7) is 0. The SMILES string of the molecule is C1=CC2=NC1=CC1=NC(=CC3=NC(=CC4=NC(=C2)C=C4)C=C3)C=C1.c1ccccc1. The van der Waals surface area contributed by atoms with Crippen molar-refractivity contribution in [1.29, 1.82) is 0 Å². The zero-order valence-electron chi connectivity index (χ0n) is 16.2. The summed E-state index contributed by atoms with van der Waals surface area (Å²) in [6.07, 6.45) is 23.8. The number of rotatable bonds is 0. The zero-order chi connectivity index (χ0) is 20.2. The van der Waals surface area contributed by atoms with Crippen LogP contribution in [-0.2, 0) is 0 Å². The van der Waals surface area contributed by atoms with Crippen molar-refractivity contribution in [2.24, 2.45) is 20.0 Å². The van der Waals surface area contributed by atoms with Crippen LogP contribution in [0.4, 0.5) is 0 Å². The monoisotopic (exact) mass is 386 g/mol. The number of fused-ring (bicyclic) bond motifs is 4. The van der Waals surface area contributed by atoms with Gasteiger partial charge in [-0.3, -0.25) is 0 Å². The molecule has 1 aromatic carbocycles. The molecule has 0 spiro atoms. The van der Waals surface area contributed by atoms with Gasteiger partial charge in [0.25, 0.3) is 0 Å². The first-order valence-corrected chi connectivity index (χ1v) is 9.74. The van der Waals surface area contributed by atoms with Crippen LogP contribution in [0.15, 0.2) is 152 Å². The second-order valence-corrected chi connectivity index (χ2v) is 6.91. The van der Waals surface area contributed by atoms with E-state index >= 15 is 0 Å². The van der Waals surface area contributed by atoms with Gasteiger partial charge in [0.2, 0.25) is 0 Å². The van der Waals surface area contributed by atoms with Gasteiger partial charge in [0, 0.05) is 0 Å². The van der Waals surface area contributed by atoms with E-state index in [1.165, 1.54) is 0 Å². The molecule has 0 saturated carbocycles. The maximum absolute atomic E-state index is 4.59. The Morgan fingerprint density at radius 1 is 0.300 bits per heavy atom. The zero-order valence-corrected chi connectivity index (χ0v) is 16.2. The number of hydrogen-bond donors (Lipinski definition) is 0. The Kier molecular flexibility index (Phi) is 4.80. The molecule has 4 heteroatoms. The van der Waals surface area contributed by atoms with Gasteiger partial charge in [-0.05, 0) is 72.9 Å². The molecule has 0 amide bonds. The van der Waals surface area contributed by atoms with E-state index < -0.39 is 0 Å². The molecule has 1 aromatic rings. The lowest BCUT2D eigenvalue weighted by Gasteiger charge is -1.94. The normalized spacial score (nSPS) is 19.7. The summed E-state index contributed by atoms with van der Waals surface area (Å²) < 4.78 is 0. The Hall–Kier alpha value is -4.18. The highest BCUT2D eigenvalue weighted by atomic mass is 14.8. The predicted octanol–water partition coefficient (Wildman–Crippen LogP) is 5.27. The summed E-state index contributed by atoms with van der Waals surface area (Å²) in [6, 6.07) is 12.0. The number of hydrogen-bond acceptors (Lipinski definition) is 4. The van der Waals surface area contributed by atoms with Crippen LogP contribution >= 0.6 is 0 Å². The summed E-state index contributed by atoms with van der Waals surface area (Å²) in [5, 5.41) is 0. The minimum absolute atomic E-state index is 0.894. The molecule has 0 unspecified atom stereocenters. The molecular weight excluding hydrogens is 368 g/mol.